The van der Waals surface area contributed by atoms with E-state index in [1.807, 2.05) is 33.0 Å². The second-order valence-electron chi connectivity index (χ2n) is 7.22. The molecule has 1 aliphatic rings. The lowest BCUT2D eigenvalue weighted by Gasteiger charge is -2.29. The van der Waals surface area contributed by atoms with Crippen LogP contribution < -0.4 is 0 Å². The number of rotatable bonds is 2. The number of fused-ring (bicyclic) bond motifs is 1. The molecule has 0 spiro atoms. The summed E-state index contributed by atoms with van der Waals surface area (Å²) in [6.45, 7) is 6.63. The maximum absolute atomic E-state index is 12.2. The first kappa shape index (κ1) is 18.0. The molecule has 0 atom stereocenters. The van der Waals surface area contributed by atoms with Gasteiger partial charge in [-0.25, -0.2) is 14.6 Å². The number of ether oxygens (including phenoxy) is 2. The van der Waals surface area contributed by atoms with Crippen molar-refractivity contribution in [2.45, 2.75) is 32.8 Å². The van der Waals surface area contributed by atoms with E-state index >= 15 is 0 Å². The Morgan fingerprint density at radius 1 is 1.31 bits per heavy atom. The Balaban J connectivity index is 1.82. The molecule has 3 heterocycles. The molecule has 26 heavy (non-hydrogen) atoms. The van der Waals surface area contributed by atoms with Gasteiger partial charge >= 0.3 is 12.1 Å². The fourth-order valence-electron chi connectivity index (χ4n) is 2.90. The molecule has 0 bridgehead atoms. The number of methoxy groups -OCH3 is 1. The summed E-state index contributed by atoms with van der Waals surface area (Å²) in [6.07, 6.45) is 5.79. The quantitative estimate of drug-likeness (QED) is 0.833. The van der Waals surface area contributed by atoms with Crippen LogP contribution in [0.25, 0.3) is 16.6 Å². The number of aromatic nitrogens is 2. The zero-order chi connectivity index (χ0) is 18.9. The monoisotopic (exact) mass is 357 g/mol. The number of amides is 1. The summed E-state index contributed by atoms with van der Waals surface area (Å²) in [5.74, 6) is -0.416. The third kappa shape index (κ3) is 3.71. The number of aromatic amines is 1. The number of H-pyrrole nitrogens is 1. The molecule has 7 nitrogen and oxygen atoms in total. The highest BCUT2D eigenvalue weighted by Gasteiger charge is 2.24. The number of carbonyl (C=O) groups excluding carboxylic acids is 2. The third-order valence-corrected chi connectivity index (χ3v) is 4.16. The Morgan fingerprint density at radius 2 is 2.08 bits per heavy atom. The van der Waals surface area contributed by atoms with Gasteiger partial charge in [0.05, 0.1) is 12.7 Å². The van der Waals surface area contributed by atoms with Crippen LogP contribution >= 0.6 is 0 Å². The molecular formula is C19H23N3O4. The summed E-state index contributed by atoms with van der Waals surface area (Å²) in [6, 6.07) is 1.78. The van der Waals surface area contributed by atoms with Gasteiger partial charge in [0.1, 0.15) is 11.2 Å². The average Bonchev–Trinajstić information content (AvgIpc) is 3.02. The van der Waals surface area contributed by atoms with E-state index in [9.17, 15) is 9.59 Å². The molecular weight excluding hydrogens is 334 g/mol. The minimum Gasteiger partial charge on any atom is -0.465 e. The third-order valence-electron chi connectivity index (χ3n) is 4.16. The number of pyridine rings is 1. The van der Waals surface area contributed by atoms with Gasteiger partial charge in [-0.15, -0.1) is 0 Å². The molecule has 2 aromatic heterocycles. The minimum absolute atomic E-state index is 0.304. The molecule has 0 saturated carbocycles. The first-order valence-electron chi connectivity index (χ1n) is 8.51. The lowest BCUT2D eigenvalue weighted by molar-refractivity contribution is 0.0270. The summed E-state index contributed by atoms with van der Waals surface area (Å²) in [5, 5.41) is 0.866. The molecule has 0 saturated heterocycles. The SMILES string of the molecule is COC(=O)c1cnc2[nH]cc(C3=CCN(C(=O)OC(C)(C)C)CC3)c2c1. The Bertz CT molecular complexity index is 877. The predicted molar refractivity (Wildman–Crippen MR) is 97.8 cm³/mol. The molecule has 0 radical (unpaired) electrons. The van der Waals surface area contributed by atoms with Crippen molar-refractivity contribution >= 4 is 28.7 Å². The van der Waals surface area contributed by atoms with Gasteiger partial charge in [-0.1, -0.05) is 6.08 Å². The minimum atomic E-state index is -0.506. The second-order valence-corrected chi connectivity index (χ2v) is 7.22. The van der Waals surface area contributed by atoms with Crippen LogP contribution in [0.4, 0.5) is 4.79 Å². The van der Waals surface area contributed by atoms with E-state index in [0.29, 0.717) is 30.7 Å². The van der Waals surface area contributed by atoms with Crippen LogP contribution in [0.1, 0.15) is 43.1 Å². The maximum Gasteiger partial charge on any atom is 0.410 e. The zero-order valence-electron chi connectivity index (χ0n) is 15.5. The number of hydrogen-bond donors (Lipinski definition) is 1. The van der Waals surface area contributed by atoms with Crippen molar-refractivity contribution in [1.82, 2.24) is 14.9 Å². The molecule has 1 amide bonds. The average molecular weight is 357 g/mol. The zero-order valence-corrected chi connectivity index (χ0v) is 15.5. The summed E-state index contributed by atoms with van der Waals surface area (Å²) in [4.78, 5) is 33.0. The smallest absolute Gasteiger partial charge is 0.410 e. The van der Waals surface area contributed by atoms with Gasteiger partial charge in [0.2, 0.25) is 0 Å². The number of carbonyl (C=O) groups is 2. The molecule has 0 unspecified atom stereocenters. The second kappa shape index (κ2) is 6.82. The van der Waals surface area contributed by atoms with Gasteiger partial charge in [-0.3, -0.25) is 0 Å². The van der Waals surface area contributed by atoms with E-state index in [2.05, 4.69) is 9.97 Å². The number of hydrogen-bond acceptors (Lipinski definition) is 5. The molecule has 1 N–H and O–H groups in total. The van der Waals surface area contributed by atoms with Crippen LogP contribution in [0, 0.1) is 0 Å². The van der Waals surface area contributed by atoms with Crippen molar-refractivity contribution in [3.63, 3.8) is 0 Å². The fraction of sp³-hybridized carbons (Fsp3) is 0.421. The first-order valence-corrected chi connectivity index (χ1v) is 8.51. The summed E-state index contributed by atoms with van der Waals surface area (Å²) in [7, 11) is 1.35. The largest absolute Gasteiger partial charge is 0.465 e. The van der Waals surface area contributed by atoms with Crippen LogP contribution in [0.15, 0.2) is 24.5 Å². The van der Waals surface area contributed by atoms with Crippen LogP contribution in [-0.4, -0.2) is 52.7 Å². The van der Waals surface area contributed by atoms with Crippen molar-refractivity contribution in [3.05, 3.63) is 35.7 Å². The van der Waals surface area contributed by atoms with Crippen LogP contribution in [0.3, 0.4) is 0 Å². The molecule has 0 aliphatic carbocycles. The Kier molecular flexibility index (Phi) is 4.71. The highest BCUT2D eigenvalue weighted by molar-refractivity contribution is 5.97. The topological polar surface area (TPSA) is 84.5 Å². The molecule has 3 rings (SSSR count). The standard InChI is InChI=1S/C19H23N3O4/c1-19(2,3)26-18(24)22-7-5-12(6-8-22)15-11-21-16-14(15)9-13(10-20-16)17(23)25-4/h5,9-11H,6-8H2,1-4H3,(H,20,21). The van der Waals surface area contributed by atoms with Crippen LogP contribution in [0.2, 0.25) is 0 Å². The van der Waals surface area contributed by atoms with Gasteiger partial charge in [0, 0.05) is 36.4 Å². The van der Waals surface area contributed by atoms with Gasteiger partial charge < -0.3 is 19.4 Å². The number of nitrogens with zero attached hydrogens (tertiary/aromatic N) is 2. The van der Waals surface area contributed by atoms with Crippen molar-refractivity contribution < 1.29 is 19.1 Å². The summed E-state index contributed by atoms with van der Waals surface area (Å²) >= 11 is 0. The molecule has 7 heteroatoms. The molecule has 2 aromatic rings. The highest BCUT2D eigenvalue weighted by Crippen LogP contribution is 2.29. The van der Waals surface area contributed by atoms with Gasteiger partial charge in [-0.2, -0.15) is 0 Å². The van der Waals surface area contributed by atoms with Crippen molar-refractivity contribution in [2.75, 3.05) is 20.2 Å². The lowest BCUT2D eigenvalue weighted by atomic mass is 9.99. The van der Waals surface area contributed by atoms with Crippen LogP contribution in [-0.2, 0) is 9.47 Å². The number of esters is 1. The predicted octanol–water partition coefficient (Wildman–Crippen LogP) is 3.37. The van der Waals surface area contributed by atoms with E-state index in [1.165, 1.54) is 13.3 Å². The fourth-order valence-corrected chi connectivity index (χ4v) is 2.90. The van der Waals surface area contributed by atoms with E-state index < -0.39 is 11.6 Å². The van der Waals surface area contributed by atoms with Crippen LogP contribution in [0.5, 0.6) is 0 Å². The van der Waals surface area contributed by atoms with E-state index in [4.69, 9.17) is 9.47 Å². The van der Waals surface area contributed by atoms with E-state index in [-0.39, 0.29) is 6.09 Å². The molecule has 0 fully saturated rings. The number of nitrogens with one attached hydrogen (secondary N) is 1. The normalized spacial score (nSPS) is 14.9. The van der Waals surface area contributed by atoms with E-state index in [0.717, 1.165) is 16.5 Å². The highest BCUT2D eigenvalue weighted by atomic mass is 16.6. The first-order chi connectivity index (χ1) is 12.3. The lowest BCUT2D eigenvalue weighted by Crippen LogP contribution is -2.39. The Labute approximate surface area is 152 Å². The molecule has 138 valence electrons. The summed E-state index contributed by atoms with van der Waals surface area (Å²) < 4.78 is 10.2. The Morgan fingerprint density at radius 3 is 2.69 bits per heavy atom. The maximum atomic E-state index is 12.2. The van der Waals surface area contributed by atoms with Crippen molar-refractivity contribution in [3.8, 4) is 0 Å². The Hall–Kier alpha value is -2.83. The van der Waals surface area contributed by atoms with Crippen molar-refractivity contribution in [2.24, 2.45) is 0 Å². The van der Waals surface area contributed by atoms with Gasteiger partial charge in [-0.05, 0) is 38.8 Å². The van der Waals surface area contributed by atoms with Gasteiger partial charge in [0.25, 0.3) is 0 Å². The summed E-state index contributed by atoms with van der Waals surface area (Å²) in [5.41, 5.74) is 2.71. The van der Waals surface area contributed by atoms with Crippen molar-refractivity contribution in [1.29, 1.82) is 0 Å². The van der Waals surface area contributed by atoms with Gasteiger partial charge in [0.15, 0.2) is 0 Å². The molecule has 1 aliphatic heterocycles. The van der Waals surface area contributed by atoms with E-state index in [1.54, 1.807) is 11.0 Å². The molecule has 0 aromatic carbocycles.